The van der Waals surface area contributed by atoms with E-state index in [4.69, 9.17) is 37.9 Å². The van der Waals surface area contributed by atoms with Crippen LogP contribution in [0.1, 0.15) is 115 Å². The van der Waals surface area contributed by atoms with E-state index in [1.807, 2.05) is 20.8 Å². The van der Waals surface area contributed by atoms with Gasteiger partial charge in [0, 0.05) is 85.2 Å². The van der Waals surface area contributed by atoms with Crippen molar-refractivity contribution in [2.24, 2.45) is 47.3 Å². The molecule has 5 rings (SSSR count). The second-order valence-electron chi connectivity index (χ2n) is 21.3. The highest BCUT2D eigenvalue weighted by Gasteiger charge is 2.54. The van der Waals surface area contributed by atoms with E-state index in [1.165, 1.54) is 24.3 Å². The number of allylic oxidation sites excluding steroid dienone is 4. The number of ether oxygens (including phenoxy) is 8. The fourth-order valence-electron chi connectivity index (χ4n) is 11.4. The van der Waals surface area contributed by atoms with Gasteiger partial charge in [-0.05, 0) is 33.6 Å². The van der Waals surface area contributed by atoms with E-state index in [1.54, 1.807) is 79.7 Å². The molecule has 0 aromatic carbocycles. The maximum Gasteiger partial charge on any atom is 0.331 e. The van der Waals surface area contributed by atoms with Crippen LogP contribution in [0.4, 0.5) is 0 Å². The van der Waals surface area contributed by atoms with Gasteiger partial charge >= 0.3 is 11.9 Å². The second kappa shape index (κ2) is 25.9. The van der Waals surface area contributed by atoms with Crippen molar-refractivity contribution >= 4 is 11.9 Å². The molecule has 26 atom stereocenters. The molecule has 4 fully saturated rings. The second-order valence-corrected chi connectivity index (χ2v) is 21.3. The molecule has 0 radical (unpaired) electrons. The van der Waals surface area contributed by atoms with E-state index in [-0.39, 0.29) is 37.5 Å². The van der Waals surface area contributed by atoms with Gasteiger partial charge in [0.25, 0.3) is 0 Å². The molecule has 9 N–H and O–H groups in total. The molecule has 72 heavy (non-hydrogen) atoms. The Morgan fingerprint density at radius 3 is 1.36 bits per heavy atom. The number of esters is 2. The highest BCUT2D eigenvalue weighted by atomic mass is 16.7. The average molecular weight is 1030 g/mol. The standard InChI is InChI=1S/C53H86O19/c1-12-35-32(9)71-52(63,24-39(35)66-43-22-37(54)47(60)34(11)65-43)30(7)45(58)28(5)49-26(3)18-14-16-21-42(57)69-50(27(4)19-15-17-20-41(56)68-49)29(6)46(59)31(8)53(64)25-40(36(13-2)33(10)72-53)67-44-23-38(55)48(61)51(62)70-44/h14-21,26-40,43-51,54-55,58-64H,12-13,22-25H2,1-11H3. The number of carbonyl (C=O) groups is 2. The Balaban J connectivity index is 1.28. The molecule has 5 aliphatic rings. The van der Waals surface area contributed by atoms with Gasteiger partial charge in [-0.3, -0.25) is 0 Å². The van der Waals surface area contributed by atoms with Crippen LogP contribution in [-0.4, -0.2) is 168 Å². The predicted octanol–water partition coefficient (Wildman–Crippen LogP) is 3.05. The van der Waals surface area contributed by atoms with E-state index >= 15 is 0 Å². The predicted molar refractivity (Wildman–Crippen MR) is 259 cm³/mol. The zero-order valence-corrected chi connectivity index (χ0v) is 43.8. The van der Waals surface area contributed by atoms with Crippen molar-refractivity contribution in [3.8, 4) is 0 Å². The Morgan fingerprint density at radius 2 is 0.986 bits per heavy atom. The van der Waals surface area contributed by atoms with Crippen molar-refractivity contribution in [2.45, 2.75) is 224 Å². The summed E-state index contributed by atoms with van der Waals surface area (Å²) in [6.07, 6.45) is -3.00. The Hall–Kier alpha value is -2.70. The highest BCUT2D eigenvalue weighted by molar-refractivity contribution is 5.83. The summed E-state index contributed by atoms with van der Waals surface area (Å²) in [5, 5.41) is 99.2. The lowest BCUT2D eigenvalue weighted by Gasteiger charge is -2.50. The van der Waals surface area contributed by atoms with Crippen LogP contribution in [0.15, 0.2) is 48.6 Å². The average Bonchev–Trinajstić information content (AvgIpc) is 3.31. The molecule has 0 aromatic heterocycles. The number of aliphatic hydroxyl groups is 9. The van der Waals surface area contributed by atoms with E-state index in [0.29, 0.717) is 12.8 Å². The van der Waals surface area contributed by atoms with Crippen molar-refractivity contribution in [3.05, 3.63) is 48.6 Å². The molecule has 0 bridgehead atoms. The van der Waals surface area contributed by atoms with Crippen molar-refractivity contribution in [3.63, 3.8) is 0 Å². The first-order valence-electron chi connectivity index (χ1n) is 26.0. The van der Waals surface area contributed by atoms with E-state index in [0.717, 1.165) is 0 Å². The molecular formula is C53H86O19. The molecule has 0 aliphatic carbocycles. The minimum atomic E-state index is -1.94. The Kier molecular flexibility index (Phi) is 21.6. The van der Waals surface area contributed by atoms with Crippen LogP contribution in [0.2, 0.25) is 0 Å². The van der Waals surface area contributed by atoms with Crippen molar-refractivity contribution < 1.29 is 93.4 Å². The molecular weight excluding hydrogens is 941 g/mol. The summed E-state index contributed by atoms with van der Waals surface area (Å²) in [6, 6.07) is 0. The molecule has 4 saturated heterocycles. The fraction of sp³-hybridized carbons (Fsp3) is 0.811. The van der Waals surface area contributed by atoms with Gasteiger partial charge < -0.3 is 83.9 Å². The SMILES string of the molecule is CCC1C(C)OC(O)(C(C)C(O)C(C)C2OC(=O)C=CC=CC(C)C(C(C)C(O)C(C)C3(O)CC(OC4CC(O)C(O)C(O)O4)C(CC)C(C)O3)OC(=O)C=CC=CC2C)CC1OC1CC(O)C(O)C(C)O1. The van der Waals surface area contributed by atoms with Gasteiger partial charge in [0.2, 0.25) is 0 Å². The van der Waals surface area contributed by atoms with Gasteiger partial charge in [-0.2, -0.15) is 0 Å². The van der Waals surface area contributed by atoms with Gasteiger partial charge in [0.05, 0.1) is 54.9 Å². The molecule has 19 nitrogen and oxygen atoms in total. The lowest BCUT2D eigenvalue weighted by Crippen LogP contribution is -2.59. The summed E-state index contributed by atoms with van der Waals surface area (Å²) >= 11 is 0. The van der Waals surface area contributed by atoms with Crippen LogP contribution < -0.4 is 0 Å². The van der Waals surface area contributed by atoms with Crippen LogP contribution in [0.25, 0.3) is 0 Å². The molecule has 19 heteroatoms. The number of hydrogen-bond donors (Lipinski definition) is 9. The first-order valence-corrected chi connectivity index (χ1v) is 26.0. The summed E-state index contributed by atoms with van der Waals surface area (Å²) in [7, 11) is 0. The minimum absolute atomic E-state index is 0.0328. The number of cyclic esters (lactones) is 2. The summed E-state index contributed by atoms with van der Waals surface area (Å²) in [6.45, 7) is 19.4. The quantitative estimate of drug-likeness (QED) is 0.113. The van der Waals surface area contributed by atoms with E-state index in [2.05, 4.69) is 0 Å². The van der Waals surface area contributed by atoms with Gasteiger partial charge in [-0.1, -0.05) is 91.8 Å². The van der Waals surface area contributed by atoms with Gasteiger partial charge in [0.1, 0.15) is 24.4 Å². The maximum atomic E-state index is 13.5. The Labute approximate surface area is 424 Å². The Morgan fingerprint density at radius 1 is 0.597 bits per heavy atom. The third-order valence-electron chi connectivity index (χ3n) is 16.2. The van der Waals surface area contributed by atoms with E-state index in [9.17, 15) is 55.5 Å². The fourth-order valence-corrected chi connectivity index (χ4v) is 11.4. The first kappa shape index (κ1) is 60.2. The topological polar surface area (TPSA) is 290 Å². The lowest BCUT2D eigenvalue weighted by atomic mass is 9.76. The van der Waals surface area contributed by atoms with Crippen LogP contribution in [-0.2, 0) is 47.5 Å². The smallest absolute Gasteiger partial charge is 0.331 e. The summed E-state index contributed by atoms with van der Waals surface area (Å²) < 4.78 is 48.4. The lowest BCUT2D eigenvalue weighted by molar-refractivity contribution is -0.358. The minimum Gasteiger partial charge on any atom is -0.458 e. The normalized spacial score (nSPS) is 44.3. The maximum absolute atomic E-state index is 13.5. The highest BCUT2D eigenvalue weighted by Crippen LogP contribution is 2.45. The Bertz CT molecular complexity index is 1710. The van der Waals surface area contributed by atoms with Gasteiger partial charge in [0.15, 0.2) is 30.4 Å². The van der Waals surface area contributed by atoms with Crippen molar-refractivity contribution in [1.82, 2.24) is 0 Å². The molecule has 5 aliphatic heterocycles. The summed E-state index contributed by atoms with van der Waals surface area (Å²) in [4.78, 5) is 27.0. The van der Waals surface area contributed by atoms with Crippen LogP contribution in [0.5, 0.6) is 0 Å². The summed E-state index contributed by atoms with van der Waals surface area (Å²) in [5.41, 5.74) is 0. The van der Waals surface area contributed by atoms with Crippen molar-refractivity contribution in [1.29, 1.82) is 0 Å². The van der Waals surface area contributed by atoms with E-state index < -0.39 is 157 Å². The largest absolute Gasteiger partial charge is 0.458 e. The molecule has 412 valence electrons. The number of aliphatic hydroxyl groups excluding tert-OH is 7. The monoisotopic (exact) mass is 1030 g/mol. The third-order valence-corrected chi connectivity index (χ3v) is 16.2. The summed E-state index contributed by atoms with van der Waals surface area (Å²) in [5.74, 6) is -10.2. The molecule has 0 saturated carbocycles. The number of rotatable bonds is 14. The number of carbonyl (C=O) groups excluding carboxylic acids is 2. The van der Waals surface area contributed by atoms with Crippen molar-refractivity contribution in [2.75, 3.05) is 0 Å². The van der Waals surface area contributed by atoms with Gasteiger partial charge in [-0.25, -0.2) is 9.59 Å². The molecule has 5 heterocycles. The van der Waals surface area contributed by atoms with Gasteiger partial charge in [-0.15, -0.1) is 0 Å². The molecule has 0 amide bonds. The first-order chi connectivity index (χ1) is 33.7. The van der Waals surface area contributed by atoms with Crippen LogP contribution in [0, 0.1) is 47.3 Å². The zero-order chi connectivity index (χ0) is 53.6. The third kappa shape index (κ3) is 14.4. The zero-order valence-electron chi connectivity index (χ0n) is 43.8. The molecule has 26 unspecified atom stereocenters. The number of hydrogen-bond acceptors (Lipinski definition) is 19. The van der Waals surface area contributed by atoms with Crippen LogP contribution in [0.3, 0.4) is 0 Å². The molecule has 0 spiro atoms. The van der Waals surface area contributed by atoms with Crippen LogP contribution >= 0.6 is 0 Å². The molecule has 0 aromatic rings.